The Kier molecular flexibility index (Phi) is 6.40. The first-order valence-corrected chi connectivity index (χ1v) is 8.43. The number of amides is 3. The molecule has 0 atom stereocenters. The topological polar surface area (TPSA) is 105 Å². The minimum Gasteiger partial charge on any atom is -0.490 e. The number of nitrogens with one attached hydrogen (secondary N) is 1. The van der Waals surface area contributed by atoms with Gasteiger partial charge in [0.2, 0.25) is 0 Å². The van der Waals surface area contributed by atoms with Gasteiger partial charge in [-0.15, -0.1) is 0 Å². The molecule has 2 N–H and O–H groups in total. The molecule has 26 heavy (non-hydrogen) atoms. The first-order valence-electron chi connectivity index (χ1n) is 7.63. The Hall–Kier alpha value is -2.81. The molecule has 0 aliphatic carbocycles. The van der Waals surface area contributed by atoms with Gasteiger partial charge in [0.05, 0.1) is 6.61 Å². The third-order valence-electron chi connectivity index (χ3n) is 3.28. The summed E-state index contributed by atoms with van der Waals surface area (Å²) in [6, 6.07) is 2.55. The van der Waals surface area contributed by atoms with E-state index in [4.69, 9.17) is 14.6 Å². The molecule has 1 saturated heterocycles. The first kappa shape index (κ1) is 19.5. The van der Waals surface area contributed by atoms with Crippen LogP contribution in [0, 0.1) is 0 Å². The first-order chi connectivity index (χ1) is 12.4. The molecule has 0 aromatic heterocycles. The zero-order valence-electron chi connectivity index (χ0n) is 14.0. The largest absolute Gasteiger partial charge is 0.490 e. The number of halogens is 1. The van der Waals surface area contributed by atoms with Crippen molar-refractivity contribution in [3.63, 3.8) is 0 Å². The molecule has 0 saturated carbocycles. The average Bonchev–Trinajstić information content (AvgIpc) is 2.83. The maximum Gasteiger partial charge on any atom is 0.329 e. The van der Waals surface area contributed by atoms with Gasteiger partial charge in [-0.2, -0.15) is 0 Å². The van der Waals surface area contributed by atoms with Crippen LogP contribution in [0.1, 0.15) is 12.5 Å². The highest BCUT2D eigenvalue weighted by atomic mass is 79.9. The standard InChI is InChI=1S/C17H17BrN2O6/c1-3-5-26-14-8-11(18)10(7-13(14)25-4-2)6-12-16(23)20(9-15(21)22)17(24)19-12/h3,6-8H,1,4-5,9H2,2H3,(H,19,24)(H,21,22)/b12-6+. The van der Waals surface area contributed by atoms with Crippen LogP contribution in [-0.4, -0.2) is 47.7 Å². The lowest BCUT2D eigenvalue weighted by Gasteiger charge is -2.13. The van der Waals surface area contributed by atoms with Crippen molar-refractivity contribution in [3.8, 4) is 11.5 Å². The number of benzene rings is 1. The van der Waals surface area contributed by atoms with E-state index in [0.29, 0.717) is 39.6 Å². The van der Waals surface area contributed by atoms with E-state index in [-0.39, 0.29) is 5.70 Å². The second-order valence-corrected chi connectivity index (χ2v) is 5.98. The van der Waals surface area contributed by atoms with Gasteiger partial charge in [-0.05, 0) is 30.7 Å². The van der Waals surface area contributed by atoms with Crippen LogP contribution in [0.3, 0.4) is 0 Å². The summed E-state index contributed by atoms with van der Waals surface area (Å²) < 4.78 is 11.7. The van der Waals surface area contributed by atoms with Crippen molar-refractivity contribution < 1.29 is 29.0 Å². The number of urea groups is 1. The Bertz CT molecular complexity index is 790. The number of nitrogens with zero attached hydrogens (tertiary/aromatic N) is 1. The summed E-state index contributed by atoms with van der Waals surface area (Å²) in [7, 11) is 0. The number of imide groups is 1. The summed E-state index contributed by atoms with van der Waals surface area (Å²) in [6.45, 7) is 5.41. The van der Waals surface area contributed by atoms with E-state index in [2.05, 4.69) is 27.8 Å². The molecule has 138 valence electrons. The van der Waals surface area contributed by atoms with Gasteiger partial charge >= 0.3 is 12.0 Å². The number of hydrogen-bond acceptors (Lipinski definition) is 5. The van der Waals surface area contributed by atoms with Crippen molar-refractivity contribution in [2.45, 2.75) is 6.92 Å². The molecule has 1 fully saturated rings. The average molecular weight is 425 g/mol. The van der Waals surface area contributed by atoms with Crippen LogP contribution in [0.4, 0.5) is 4.79 Å². The zero-order chi connectivity index (χ0) is 19.3. The normalized spacial score (nSPS) is 15.2. The number of hydrogen-bond donors (Lipinski definition) is 2. The highest BCUT2D eigenvalue weighted by molar-refractivity contribution is 9.10. The number of carboxylic acid groups (broad SMARTS) is 1. The molecule has 0 radical (unpaired) electrons. The second-order valence-electron chi connectivity index (χ2n) is 5.13. The van der Waals surface area contributed by atoms with Crippen molar-refractivity contribution in [2.24, 2.45) is 0 Å². The molecule has 0 spiro atoms. The second kappa shape index (κ2) is 8.52. The van der Waals surface area contributed by atoms with E-state index in [0.717, 1.165) is 0 Å². The minimum atomic E-state index is -1.28. The van der Waals surface area contributed by atoms with E-state index >= 15 is 0 Å². The Morgan fingerprint density at radius 1 is 1.35 bits per heavy atom. The summed E-state index contributed by atoms with van der Waals surface area (Å²) in [5.41, 5.74) is 0.527. The maximum atomic E-state index is 12.2. The summed E-state index contributed by atoms with van der Waals surface area (Å²) in [6.07, 6.45) is 3.04. The molecule has 8 nitrogen and oxygen atoms in total. The fraction of sp³-hybridized carbons (Fsp3) is 0.235. The van der Waals surface area contributed by atoms with Crippen molar-refractivity contribution in [1.82, 2.24) is 10.2 Å². The smallest absolute Gasteiger partial charge is 0.329 e. The molecule has 1 heterocycles. The van der Waals surface area contributed by atoms with Crippen LogP contribution in [0.2, 0.25) is 0 Å². The van der Waals surface area contributed by atoms with Gasteiger partial charge in [0.25, 0.3) is 5.91 Å². The van der Waals surface area contributed by atoms with Gasteiger partial charge < -0.3 is 19.9 Å². The molecule has 9 heteroatoms. The van der Waals surface area contributed by atoms with Crippen LogP contribution in [0.25, 0.3) is 6.08 Å². The predicted molar refractivity (Wildman–Crippen MR) is 96.9 cm³/mol. The number of carboxylic acids is 1. The number of rotatable bonds is 8. The highest BCUT2D eigenvalue weighted by Gasteiger charge is 2.35. The molecule has 1 aliphatic rings. The lowest BCUT2D eigenvalue weighted by Crippen LogP contribution is -2.35. The minimum absolute atomic E-state index is 0.0286. The van der Waals surface area contributed by atoms with Gasteiger partial charge in [-0.1, -0.05) is 28.6 Å². The van der Waals surface area contributed by atoms with E-state index in [1.807, 2.05) is 6.92 Å². The molecule has 2 rings (SSSR count). The Labute approximate surface area is 158 Å². The van der Waals surface area contributed by atoms with Crippen LogP contribution >= 0.6 is 15.9 Å². The summed E-state index contributed by atoms with van der Waals surface area (Å²) in [5, 5.41) is 11.2. The monoisotopic (exact) mass is 424 g/mol. The quantitative estimate of drug-likeness (QED) is 0.377. The fourth-order valence-electron chi connectivity index (χ4n) is 2.20. The zero-order valence-corrected chi connectivity index (χ0v) is 15.5. The van der Waals surface area contributed by atoms with E-state index in [1.54, 1.807) is 18.2 Å². The van der Waals surface area contributed by atoms with Crippen molar-refractivity contribution in [1.29, 1.82) is 0 Å². The van der Waals surface area contributed by atoms with Crippen LogP contribution in [0.5, 0.6) is 11.5 Å². The fourth-order valence-corrected chi connectivity index (χ4v) is 2.63. The van der Waals surface area contributed by atoms with Gasteiger partial charge in [0.15, 0.2) is 11.5 Å². The molecule has 1 aromatic carbocycles. The van der Waals surface area contributed by atoms with Gasteiger partial charge in [0, 0.05) is 4.47 Å². The number of ether oxygens (including phenoxy) is 2. The van der Waals surface area contributed by atoms with E-state index in [1.165, 1.54) is 6.08 Å². The van der Waals surface area contributed by atoms with E-state index < -0.39 is 24.5 Å². The van der Waals surface area contributed by atoms with E-state index in [9.17, 15) is 14.4 Å². The molecule has 1 aromatic rings. The molecule has 0 bridgehead atoms. The molecule has 1 aliphatic heterocycles. The van der Waals surface area contributed by atoms with Crippen LogP contribution < -0.4 is 14.8 Å². The Morgan fingerprint density at radius 2 is 2.04 bits per heavy atom. The van der Waals surface area contributed by atoms with Gasteiger partial charge in [-0.3, -0.25) is 9.59 Å². The number of carbonyl (C=O) groups excluding carboxylic acids is 2. The molecule has 0 unspecified atom stereocenters. The third-order valence-corrected chi connectivity index (χ3v) is 3.96. The number of aliphatic carboxylic acids is 1. The summed E-state index contributed by atoms with van der Waals surface area (Å²) >= 11 is 3.38. The SMILES string of the molecule is C=CCOc1cc(Br)c(/C=C2/NC(=O)N(CC(=O)O)C2=O)cc1OCC. The lowest BCUT2D eigenvalue weighted by atomic mass is 10.1. The molecular formula is C17H17BrN2O6. The number of carbonyl (C=O) groups is 3. The summed E-state index contributed by atoms with van der Waals surface area (Å²) in [4.78, 5) is 35.4. The molecular weight excluding hydrogens is 408 g/mol. The molecule has 3 amide bonds. The Balaban J connectivity index is 2.36. The highest BCUT2D eigenvalue weighted by Crippen LogP contribution is 2.35. The third kappa shape index (κ3) is 4.42. The van der Waals surface area contributed by atoms with Crippen LogP contribution in [0.15, 0.2) is 35.0 Å². The van der Waals surface area contributed by atoms with Crippen molar-refractivity contribution in [2.75, 3.05) is 19.8 Å². The van der Waals surface area contributed by atoms with Gasteiger partial charge in [-0.25, -0.2) is 9.69 Å². The van der Waals surface area contributed by atoms with Crippen molar-refractivity contribution >= 4 is 39.9 Å². The maximum absolute atomic E-state index is 12.2. The lowest BCUT2D eigenvalue weighted by molar-refractivity contribution is -0.140. The summed E-state index contributed by atoms with van der Waals surface area (Å²) in [5.74, 6) is -1.04. The van der Waals surface area contributed by atoms with Crippen LogP contribution in [-0.2, 0) is 9.59 Å². The predicted octanol–water partition coefficient (Wildman–Crippen LogP) is 2.39. The van der Waals surface area contributed by atoms with Gasteiger partial charge in [0.1, 0.15) is 18.8 Å². The van der Waals surface area contributed by atoms with Crippen molar-refractivity contribution in [3.05, 3.63) is 40.5 Å². The Morgan fingerprint density at radius 3 is 2.65 bits per heavy atom.